The topological polar surface area (TPSA) is 46.6 Å². The van der Waals surface area contributed by atoms with Crippen molar-refractivity contribution < 1.29 is 14.3 Å². The minimum Gasteiger partial charge on any atom is -0.469 e. The maximum absolute atomic E-state index is 12.6. The molecular weight excluding hydrogens is 334 g/mol. The molecule has 110 valence electrons. The largest absolute Gasteiger partial charge is 0.469 e. The first-order chi connectivity index (χ1) is 10.1. The number of carbonyl (C=O) groups is 2. The van der Waals surface area contributed by atoms with Gasteiger partial charge in [0.15, 0.2) is 0 Å². The first-order valence-corrected chi connectivity index (χ1v) is 7.70. The molecule has 1 saturated heterocycles. The molecule has 1 aromatic rings. The van der Waals surface area contributed by atoms with Gasteiger partial charge in [-0.05, 0) is 12.0 Å². The average Bonchev–Trinajstić information content (AvgIpc) is 2.51. The summed E-state index contributed by atoms with van der Waals surface area (Å²) in [6.07, 6.45) is 2.48. The molecule has 2 heterocycles. The second kappa shape index (κ2) is 5.64. The predicted molar refractivity (Wildman–Crippen MR) is 81.4 cm³/mol. The van der Waals surface area contributed by atoms with Gasteiger partial charge >= 0.3 is 5.97 Å². The molecule has 3 unspecified atom stereocenters. The van der Waals surface area contributed by atoms with E-state index in [0.29, 0.717) is 13.0 Å². The molecule has 4 rings (SSSR count). The lowest BCUT2D eigenvalue weighted by Gasteiger charge is -2.46. The van der Waals surface area contributed by atoms with Crippen LogP contribution in [0.25, 0.3) is 0 Å². The van der Waals surface area contributed by atoms with Gasteiger partial charge in [-0.15, -0.1) is 0 Å². The smallest absolute Gasteiger partial charge is 0.309 e. The Morgan fingerprint density at radius 2 is 2.10 bits per heavy atom. The van der Waals surface area contributed by atoms with E-state index < -0.39 is 5.92 Å². The van der Waals surface area contributed by atoms with Crippen molar-refractivity contribution in [2.75, 3.05) is 7.11 Å². The Bertz CT molecular complexity index is 599. The number of fused-ring (bicyclic) bond motifs is 2. The summed E-state index contributed by atoms with van der Waals surface area (Å²) in [5.74, 6) is -1.07. The number of piperidine rings is 1. The molecule has 1 aliphatic carbocycles. The van der Waals surface area contributed by atoms with Crippen LogP contribution in [0.1, 0.15) is 12.0 Å². The molecule has 2 bridgehead atoms. The van der Waals surface area contributed by atoms with Gasteiger partial charge in [-0.25, -0.2) is 0 Å². The molecule has 1 amide bonds. The van der Waals surface area contributed by atoms with E-state index in [0.717, 1.165) is 10.0 Å². The number of esters is 1. The van der Waals surface area contributed by atoms with Gasteiger partial charge in [0.2, 0.25) is 5.91 Å². The summed E-state index contributed by atoms with van der Waals surface area (Å²) < 4.78 is 5.81. The summed E-state index contributed by atoms with van der Waals surface area (Å²) in [6.45, 7) is 0.567. The summed E-state index contributed by atoms with van der Waals surface area (Å²) in [7, 11) is 1.37. The number of methoxy groups -OCH3 is 1. The summed E-state index contributed by atoms with van der Waals surface area (Å²) in [6, 6.07) is 9.81. The first-order valence-electron chi connectivity index (χ1n) is 6.91. The first kappa shape index (κ1) is 14.3. The highest BCUT2D eigenvalue weighted by Gasteiger charge is 2.49. The fourth-order valence-electron chi connectivity index (χ4n) is 3.13. The van der Waals surface area contributed by atoms with Crippen molar-refractivity contribution in [2.24, 2.45) is 11.8 Å². The van der Waals surface area contributed by atoms with Crippen LogP contribution in [0, 0.1) is 11.8 Å². The minimum absolute atomic E-state index is 0.00806. The number of amides is 1. The van der Waals surface area contributed by atoms with Gasteiger partial charge in [0.1, 0.15) is 0 Å². The Hall–Kier alpha value is -1.62. The minimum atomic E-state index is -0.416. The van der Waals surface area contributed by atoms with E-state index in [1.807, 2.05) is 41.3 Å². The van der Waals surface area contributed by atoms with Gasteiger partial charge in [-0.1, -0.05) is 52.3 Å². The Labute approximate surface area is 131 Å². The zero-order chi connectivity index (χ0) is 15.0. The molecule has 21 heavy (non-hydrogen) atoms. The third kappa shape index (κ3) is 2.50. The van der Waals surface area contributed by atoms with Crippen molar-refractivity contribution in [1.82, 2.24) is 4.90 Å². The number of hydrogen-bond donors (Lipinski definition) is 0. The van der Waals surface area contributed by atoms with Crippen molar-refractivity contribution in [3.63, 3.8) is 0 Å². The lowest BCUT2D eigenvalue weighted by atomic mass is 9.76. The van der Waals surface area contributed by atoms with E-state index in [2.05, 4.69) is 15.9 Å². The van der Waals surface area contributed by atoms with Crippen LogP contribution in [-0.2, 0) is 20.9 Å². The van der Waals surface area contributed by atoms with Crippen LogP contribution in [0.15, 0.2) is 40.9 Å². The fraction of sp³-hybridized carbons (Fsp3) is 0.375. The van der Waals surface area contributed by atoms with Crippen LogP contribution in [0.4, 0.5) is 0 Å². The maximum atomic E-state index is 12.6. The van der Waals surface area contributed by atoms with Gasteiger partial charge in [0.05, 0.1) is 25.0 Å². The van der Waals surface area contributed by atoms with Gasteiger partial charge < -0.3 is 9.64 Å². The highest BCUT2D eigenvalue weighted by Crippen LogP contribution is 2.42. The van der Waals surface area contributed by atoms with Crippen LogP contribution in [0.5, 0.6) is 0 Å². The van der Waals surface area contributed by atoms with E-state index in [-0.39, 0.29) is 23.8 Å². The Morgan fingerprint density at radius 3 is 2.76 bits per heavy atom. The number of nitrogens with zero attached hydrogens (tertiary/aromatic N) is 1. The normalized spacial score (nSPS) is 27.5. The average molecular weight is 350 g/mol. The molecule has 3 aliphatic rings. The Morgan fingerprint density at radius 1 is 1.38 bits per heavy atom. The zero-order valence-electron chi connectivity index (χ0n) is 11.7. The molecule has 0 radical (unpaired) electrons. The third-order valence-electron chi connectivity index (χ3n) is 4.21. The SMILES string of the molecule is COC(=O)C1CC2C(Br)=CC1C(=O)N2Cc1ccccc1. The van der Waals surface area contributed by atoms with E-state index in [9.17, 15) is 9.59 Å². The van der Waals surface area contributed by atoms with E-state index in [1.165, 1.54) is 7.11 Å². The second-order valence-electron chi connectivity index (χ2n) is 5.41. The van der Waals surface area contributed by atoms with E-state index in [4.69, 9.17) is 4.74 Å². The molecule has 0 aromatic heterocycles. The Kier molecular flexibility index (Phi) is 3.85. The van der Waals surface area contributed by atoms with Gasteiger partial charge in [-0.3, -0.25) is 9.59 Å². The number of rotatable bonds is 3. The standard InChI is InChI=1S/C16H16BrNO3/c1-21-16(20)12-8-14-13(17)7-11(12)15(19)18(14)9-10-5-3-2-4-6-10/h2-7,11-12,14H,8-9H2,1H3. The van der Waals surface area contributed by atoms with Crippen LogP contribution >= 0.6 is 15.9 Å². The third-order valence-corrected chi connectivity index (χ3v) is 5.00. The van der Waals surface area contributed by atoms with Gasteiger partial charge in [-0.2, -0.15) is 0 Å². The van der Waals surface area contributed by atoms with Gasteiger partial charge in [0.25, 0.3) is 0 Å². The molecular formula is C16H16BrNO3. The van der Waals surface area contributed by atoms with Crippen LogP contribution in [0.3, 0.4) is 0 Å². The highest BCUT2D eigenvalue weighted by atomic mass is 79.9. The fourth-order valence-corrected chi connectivity index (χ4v) is 3.84. The van der Waals surface area contributed by atoms with Gasteiger partial charge in [0, 0.05) is 11.0 Å². The van der Waals surface area contributed by atoms with Crippen LogP contribution in [-0.4, -0.2) is 29.9 Å². The number of ether oxygens (including phenoxy) is 1. The summed E-state index contributed by atoms with van der Waals surface area (Å²) >= 11 is 3.54. The lowest BCUT2D eigenvalue weighted by molar-refractivity contribution is -0.158. The molecule has 0 spiro atoms. The summed E-state index contributed by atoms with van der Waals surface area (Å²) in [5.41, 5.74) is 1.09. The monoisotopic (exact) mass is 349 g/mol. The van der Waals surface area contributed by atoms with Crippen LogP contribution < -0.4 is 0 Å². The molecule has 0 N–H and O–H groups in total. The predicted octanol–water partition coefficient (Wildman–Crippen LogP) is 2.49. The van der Waals surface area contributed by atoms with Crippen molar-refractivity contribution in [3.8, 4) is 0 Å². The lowest BCUT2D eigenvalue weighted by Crippen LogP contribution is -2.55. The second-order valence-corrected chi connectivity index (χ2v) is 6.33. The summed E-state index contributed by atoms with van der Waals surface area (Å²) in [4.78, 5) is 26.3. The van der Waals surface area contributed by atoms with Crippen molar-refractivity contribution in [3.05, 3.63) is 46.5 Å². The van der Waals surface area contributed by atoms with E-state index >= 15 is 0 Å². The Balaban J connectivity index is 1.85. The van der Waals surface area contributed by atoms with Crippen molar-refractivity contribution >= 4 is 27.8 Å². The van der Waals surface area contributed by atoms with E-state index in [1.54, 1.807) is 0 Å². The maximum Gasteiger partial charge on any atom is 0.309 e. The molecule has 5 heteroatoms. The summed E-state index contributed by atoms with van der Waals surface area (Å²) in [5, 5.41) is 0. The molecule has 2 aliphatic heterocycles. The van der Waals surface area contributed by atoms with Crippen LogP contribution in [0.2, 0.25) is 0 Å². The number of carbonyl (C=O) groups excluding carboxylic acids is 2. The highest BCUT2D eigenvalue weighted by molar-refractivity contribution is 9.11. The number of hydrogen-bond acceptors (Lipinski definition) is 3. The quantitative estimate of drug-likeness (QED) is 0.787. The number of benzene rings is 1. The molecule has 1 fully saturated rings. The van der Waals surface area contributed by atoms with Crippen molar-refractivity contribution in [1.29, 1.82) is 0 Å². The number of halogens is 1. The molecule has 3 atom stereocenters. The molecule has 4 nitrogen and oxygen atoms in total. The van der Waals surface area contributed by atoms with Crippen molar-refractivity contribution in [2.45, 2.75) is 19.0 Å². The molecule has 0 saturated carbocycles. The molecule has 1 aromatic carbocycles. The zero-order valence-corrected chi connectivity index (χ0v) is 13.2.